The highest BCUT2D eigenvalue weighted by molar-refractivity contribution is 6.34. The largest absolute Gasteiger partial charge is 0.465 e. The highest BCUT2D eigenvalue weighted by Gasteiger charge is 2.13. The number of carbonyl (C=O) groups is 2. The van der Waals surface area contributed by atoms with Gasteiger partial charge in [0.2, 0.25) is 0 Å². The zero-order valence-electron chi connectivity index (χ0n) is 12.6. The molecule has 2 aromatic carbocycles. The van der Waals surface area contributed by atoms with Crippen LogP contribution in [0.1, 0.15) is 31.8 Å². The van der Waals surface area contributed by atoms with Crippen molar-refractivity contribution in [3.8, 4) is 0 Å². The Bertz CT molecular complexity index is 741. The van der Waals surface area contributed by atoms with Gasteiger partial charge in [-0.05, 0) is 43.7 Å². The molecule has 2 rings (SSSR count). The van der Waals surface area contributed by atoms with Crippen LogP contribution in [0.15, 0.2) is 36.4 Å². The summed E-state index contributed by atoms with van der Waals surface area (Å²) in [6.45, 7) is 3.83. The van der Waals surface area contributed by atoms with Crippen LogP contribution < -0.4 is 5.32 Å². The summed E-state index contributed by atoms with van der Waals surface area (Å²) in [6, 6.07) is 10.1. The quantitative estimate of drug-likeness (QED) is 0.871. The van der Waals surface area contributed by atoms with Crippen LogP contribution in [0.3, 0.4) is 0 Å². The van der Waals surface area contributed by atoms with Gasteiger partial charge in [-0.2, -0.15) is 0 Å². The number of rotatable bonds is 3. The van der Waals surface area contributed by atoms with Crippen molar-refractivity contribution in [2.75, 3.05) is 12.4 Å². The van der Waals surface area contributed by atoms with Crippen molar-refractivity contribution >= 4 is 29.2 Å². The Kier molecular flexibility index (Phi) is 4.83. The minimum atomic E-state index is -0.487. The Morgan fingerprint density at radius 1 is 1.09 bits per heavy atom. The molecule has 0 aliphatic rings. The Labute approximate surface area is 134 Å². The van der Waals surface area contributed by atoms with Gasteiger partial charge in [0.25, 0.3) is 5.91 Å². The molecular formula is C17H16ClNO3. The number of halogens is 1. The minimum Gasteiger partial charge on any atom is -0.465 e. The summed E-state index contributed by atoms with van der Waals surface area (Å²) < 4.78 is 4.66. The molecule has 0 radical (unpaired) electrons. The lowest BCUT2D eigenvalue weighted by molar-refractivity contribution is 0.0600. The first-order valence-corrected chi connectivity index (χ1v) is 7.06. The van der Waals surface area contributed by atoms with Crippen LogP contribution >= 0.6 is 11.6 Å². The molecule has 1 N–H and O–H groups in total. The summed E-state index contributed by atoms with van der Waals surface area (Å²) in [4.78, 5) is 23.9. The molecule has 0 unspecified atom stereocenters. The fraction of sp³-hybridized carbons (Fsp3) is 0.176. The molecule has 0 aliphatic carbocycles. The smallest absolute Gasteiger partial charge is 0.337 e. The average Bonchev–Trinajstić information content (AvgIpc) is 2.48. The van der Waals surface area contributed by atoms with Crippen molar-refractivity contribution in [1.29, 1.82) is 0 Å². The van der Waals surface area contributed by atoms with E-state index in [1.807, 2.05) is 26.0 Å². The van der Waals surface area contributed by atoms with E-state index in [0.29, 0.717) is 21.8 Å². The van der Waals surface area contributed by atoms with Crippen LogP contribution in [0.2, 0.25) is 5.02 Å². The van der Waals surface area contributed by atoms with Gasteiger partial charge in [-0.15, -0.1) is 0 Å². The maximum atomic E-state index is 12.4. The molecule has 2 aromatic rings. The molecule has 0 aromatic heterocycles. The van der Waals surface area contributed by atoms with E-state index in [-0.39, 0.29) is 5.91 Å². The molecule has 0 bridgehead atoms. The van der Waals surface area contributed by atoms with Crippen LogP contribution in [-0.2, 0) is 4.74 Å². The molecule has 0 spiro atoms. The molecule has 0 atom stereocenters. The Hall–Kier alpha value is -2.33. The number of methoxy groups -OCH3 is 1. The van der Waals surface area contributed by atoms with Gasteiger partial charge in [-0.3, -0.25) is 4.79 Å². The van der Waals surface area contributed by atoms with E-state index in [1.165, 1.54) is 13.2 Å². The lowest BCUT2D eigenvalue weighted by Gasteiger charge is -2.11. The third-order valence-corrected chi connectivity index (χ3v) is 3.59. The summed E-state index contributed by atoms with van der Waals surface area (Å²) in [5, 5.41) is 3.08. The summed E-state index contributed by atoms with van der Waals surface area (Å²) in [5.74, 6) is -0.764. The van der Waals surface area contributed by atoms with Crippen LogP contribution in [0.25, 0.3) is 0 Å². The number of carbonyl (C=O) groups excluding carboxylic acids is 2. The molecule has 0 saturated carbocycles. The van der Waals surface area contributed by atoms with E-state index in [0.717, 1.165) is 11.1 Å². The number of anilines is 1. The van der Waals surface area contributed by atoms with E-state index in [2.05, 4.69) is 10.1 Å². The van der Waals surface area contributed by atoms with Gasteiger partial charge in [-0.1, -0.05) is 29.3 Å². The average molecular weight is 318 g/mol. The van der Waals surface area contributed by atoms with Crippen LogP contribution in [0.4, 0.5) is 5.69 Å². The van der Waals surface area contributed by atoms with Gasteiger partial charge in [-0.25, -0.2) is 4.79 Å². The highest BCUT2D eigenvalue weighted by atomic mass is 35.5. The molecule has 114 valence electrons. The molecule has 0 saturated heterocycles. The number of benzene rings is 2. The second kappa shape index (κ2) is 6.62. The van der Waals surface area contributed by atoms with Crippen molar-refractivity contribution in [3.05, 3.63) is 63.7 Å². The highest BCUT2D eigenvalue weighted by Crippen LogP contribution is 2.24. The fourth-order valence-electron chi connectivity index (χ4n) is 2.12. The Balaban J connectivity index is 2.29. The van der Waals surface area contributed by atoms with Crippen LogP contribution in [-0.4, -0.2) is 19.0 Å². The third kappa shape index (κ3) is 3.46. The topological polar surface area (TPSA) is 55.4 Å². The first-order valence-electron chi connectivity index (χ1n) is 6.69. The van der Waals surface area contributed by atoms with Gasteiger partial charge in [0.15, 0.2) is 0 Å². The number of esters is 1. The second-order valence-electron chi connectivity index (χ2n) is 4.96. The van der Waals surface area contributed by atoms with Crippen molar-refractivity contribution < 1.29 is 14.3 Å². The molecule has 0 fully saturated rings. The Morgan fingerprint density at radius 3 is 2.45 bits per heavy atom. The van der Waals surface area contributed by atoms with E-state index in [9.17, 15) is 9.59 Å². The Morgan fingerprint density at radius 2 is 1.82 bits per heavy atom. The van der Waals surface area contributed by atoms with Crippen LogP contribution in [0.5, 0.6) is 0 Å². The van der Waals surface area contributed by atoms with Crippen LogP contribution in [0, 0.1) is 13.8 Å². The van der Waals surface area contributed by atoms with Crippen molar-refractivity contribution in [3.63, 3.8) is 0 Å². The summed E-state index contributed by atoms with van der Waals surface area (Å²) in [6.07, 6.45) is 0. The predicted octanol–water partition coefficient (Wildman–Crippen LogP) is 4.00. The summed E-state index contributed by atoms with van der Waals surface area (Å²) >= 11 is 6.07. The first-order chi connectivity index (χ1) is 10.4. The minimum absolute atomic E-state index is 0.276. The SMILES string of the molecule is COC(=O)c1ccc(Cl)c(NC(=O)c2ccc(C)cc2C)c1. The van der Waals surface area contributed by atoms with E-state index < -0.39 is 5.97 Å². The van der Waals surface area contributed by atoms with Gasteiger partial charge >= 0.3 is 5.97 Å². The second-order valence-corrected chi connectivity index (χ2v) is 5.37. The molecule has 1 amide bonds. The van der Waals surface area contributed by atoms with Gasteiger partial charge in [0, 0.05) is 5.56 Å². The molecule has 4 nitrogen and oxygen atoms in total. The monoisotopic (exact) mass is 317 g/mol. The van der Waals surface area contributed by atoms with E-state index in [4.69, 9.17) is 11.6 Å². The summed E-state index contributed by atoms with van der Waals surface area (Å²) in [7, 11) is 1.30. The molecule has 5 heteroatoms. The third-order valence-electron chi connectivity index (χ3n) is 3.26. The number of nitrogens with one attached hydrogen (secondary N) is 1. The van der Waals surface area contributed by atoms with Crippen molar-refractivity contribution in [2.45, 2.75) is 13.8 Å². The maximum Gasteiger partial charge on any atom is 0.337 e. The van der Waals surface area contributed by atoms with E-state index in [1.54, 1.807) is 18.2 Å². The zero-order valence-corrected chi connectivity index (χ0v) is 13.3. The van der Waals surface area contributed by atoms with Gasteiger partial charge < -0.3 is 10.1 Å². The first kappa shape index (κ1) is 16.0. The molecule has 22 heavy (non-hydrogen) atoms. The number of hydrogen-bond acceptors (Lipinski definition) is 3. The van der Waals surface area contributed by atoms with Crippen molar-refractivity contribution in [2.24, 2.45) is 0 Å². The molecule has 0 heterocycles. The number of amides is 1. The summed E-state index contributed by atoms with van der Waals surface area (Å²) in [5.41, 5.74) is 3.21. The predicted molar refractivity (Wildman–Crippen MR) is 86.7 cm³/mol. The lowest BCUT2D eigenvalue weighted by Crippen LogP contribution is -2.14. The molecular weight excluding hydrogens is 302 g/mol. The lowest BCUT2D eigenvalue weighted by atomic mass is 10.1. The molecule has 0 aliphatic heterocycles. The standard InChI is InChI=1S/C17H16ClNO3/c1-10-4-6-13(11(2)8-10)16(20)19-15-9-12(17(21)22-3)5-7-14(15)18/h4-9H,1-3H3,(H,19,20). The normalized spacial score (nSPS) is 10.2. The zero-order chi connectivity index (χ0) is 16.3. The number of hydrogen-bond donors (Lipinski definition) is 1. The van der Waals surface area contributed by atoms with E-state index >= 15 is 0 Å². The van der Waals surface area contributed by atoms with Gasteiger partial charge in [0.05, 0.1) is 23.4 Å². The number of ether oxygens (including phenoxy) is 1. The van der Waals surface area contributed by atoms with Gasteiger partial charge in [0.1, 0.15) is 0 Å². The van der Waals surface area contributed by atoms with Crippen molar-refractivity contribution in [1.82, 2.24) is 0 Å². The maximum absolute atomic E-state index is 12.4. The fourth-order valence-corrected chi connectivity index (χ4v) is 2.29. The number of aryl methyl sites for hydroxylation is 2.